The van der Waals surface area contributed by atoms with E-state index in [0.29, 0.717) is 19.1 Å². The Balaban J connectivity index is 1.70. The zero-order valence-corrected chi connectivity index (χ0v) is 17.7. The smallest absolute Gasteiger partial charge is 0.229 e. The third-order valence-electron chi connectivity index (χ3n) is 5.30. The summed E-state index contributed by atoms with van der Waals surface area (Å²) in [6.07, 6.45) is 3.66. The van der Waals surface area contributed by atoms with Crippen LogP contribution in [0.4, 0.5) is 5.69 Å². The van der Waals surface area contributed by atoms with E-state index < -0.39 is 8.07 Å². The minimum atomic E-state index is -1.11. The molecule has 0 radical (unpaired) electrons. The van der Waals surface area contributed by atoms with Gasteiger partial charge in [-0.05, 0) is 54.5 Å². The molecule has 2 heterocycles. The SMILES string of the molecule is C[C@H]1CCC(c2ccc3c(c2)CCC(=O)N3COCC[Si](C)(C)C)=NC1. The highest BCUT2D eigenvalue weighted by Gasteiger charge is 2.25. The molecule has 1 amide bonds. The lowest BCUT2D eigenvalue weighted by Gasteiger charge is -2.30. The van der Waals surface area contributed by atoms with Crippen LogP contribution >= 0.6 is 0 Å². The molecule has 0 bridgehead atoms. The molecule has 0 spiro atoms. The highest BCUT2D eigenvalue weighted by molar-refractivity contribution is 6.76. The Bertz CT molecular complexity index is 694. The Kier molecular flexibility index (Phi) is 5.98. The summed E-state index contributed by atoms with van der Waals surface area (Å²) in [7, 11) is -1.11. The number of rotatable bonds is 6. The molecule has 1 atom stereocenters. The molecule has 2 aliphatic rings. The van der Waals surface area contributed by atoms with Crippen LogP contribution in [0.25, 0.3) is 0 Å². The summed E-state index contributed by atoms with van der Waals surface area (Å²) >= 11 is 0. The van der Waals surface area contributed by atoms with Crippen molar-refractivity contribution in [1.29, 1.82) is 0 Å². The molecule has 142 valence electrons. The lowest BCUT2D eigenvalue weighted by molar-refractivity contribution is -0.120. The first kappa shape index (κ1) is 19.3. The van der Waals surface area contributed by atoms with Gasteiger partial charge in [0.15, 0.2) is 0 Å². The lowest BCUT2D eigenvalue weighted by Crippen LogP contribution is -2.37. The highest BCUT2D eigenvalue weighted by atomic mass is 28.3. The van der Waals surface area contributed by atoms with Gasteiger partial charge >= 0.3 is 0 Å². The zero-order chi connectivity index (χ0) is 18.7. The van der Waals surface area contributed by atoms with Crippen LogP contribution in [0.2, 0.25) is 25.7 Å². The summed E-state index contributed by atoms with van der Waals surface area (Å²) in [5.41, 5.74) is 4.71. The summed E-state index contributed by atoms with van der Waals surface area (Å²) in [5, 5.41) is 0. The van der Waals surface area contributed by atoms with Crippen LogP contribution in [-0.2, 0) is 16.0 Å². The van der Waals surface area contributed by atoms with E-state index in [-0.39, 0.29) is 5.91 Å². The van der Waals surface area contributed by atoms with E-state index in [1.165, 1.54) is 23.3 Å². The van der Waals surface area contributed by atoms with Crippen molar-refractivity contribution >= 4 is 25.4 Å². The van der Waals surface area contributed by atoms with Crippen LogP contribution in [0.1, 0.15) is 37.3 Å². The molecule has 5 heteroatoms. The van der Waals surface area contributed by atoms with Crippen molar-refractivity contribution in [3.63, 3.8) is 0 Å². The monoisotopic (exact) mass is 372 g/mol. The van der Waals surface area contributed by atoms with E-state index in [2.05, 4.69) is 44.8 Å². The summed E-state index contributed by atoms with van der Waals surface area (Å²) < 4.78 is 5.85. The topological polar surface area (TPSA) is 41.9 Å². The number of amides is 1. The Hall–Kier alpha value is -1.46. The minimum Gasteiger partial charge on any atom is -0.361 e. The Morgan fingerprint density at radius 1 is 1.23 bits per heavy atom. The second-order valence-electron chi connectivity index (χ2n) is 8.94. The first-order valence-corrected chi connectivity index (χ1v) is 13.6. The van der Waals surface area contributed by atoms with Crippen LogP contribution in [0.15, 0.2) is 23.2 Å². The molecule has 0 saturated carbocycles. The van der Waals surface area contributed by atoms with Crippen molar-refractivity contribution in [2.75, 3.05) is 24.8 Å². The van der Waals surface area contributed by atoms with Crippen LogP contribution in [0.5, 0.6) is 0 Å². The molecule has 2 aliphatic heterocycles. The summed E-state index contributed by atoms with van der Waals surface area (Å²) in [6, 6.07) is 7.58. The number of carbonyl (C=O) groups excluding carboxylic acids is 1. The second kappa shape index (κ2) is 8.05. The molecule has 0 aromatic heterocycles. The maximum absolute atomic E-state index is 12.4. The number of benzene rings is 1. The molecule has 26 heavy (non-hydrogen) atoms. The van der Waals surface area contributed by atoms with E-state index in [1.807, 2.05) is 4.90 Å². The molecular formula is C21H32N2O2Si. The predicted octanol–water partition coefficient (Wildman–Crippen LogP) is 4.50. The fourth-order valence-electron chi connectivity index (χ4n) is 3.47. The number of fused-ring (bicyclic) bond motifs is 1. The van der Waals surface area contributed by atoms with Gasteiger partial charge in [-0.1, -0.05) is 32.6 Å². The van der Waals surface area contributed by atoms with Crippen molar-refractivity contribution < 1.29 is 9.53 Å². The van der Waals surface area contributed by atoms with Crippen molar-refractivity contribution in [2.24, 2.45) is 10.9 Å². The van der Waals surface area contributed by atoms with Gasteiger partial charge in [-0.2, -0.15) is 0 Å². The van der Waals surface area contributed by atoms with Gasteiger partial charge in [-0.15, -0.1) is 0 Å². The van der Waals surface area contributed by atoms with Crippen LogP contribution < -0.4 is 4.90 Å². The first-order valence-electron chi connectivity index (χ1n) is 9.88. The average Bonchev–Trinajstić information content (AvgIpc) is 2.59. The zero-order valence-electron chi connectivity index (χ0n) is 16.7. The standard InChI is InChI=1S/C21H32N2O2Si/c1-16-5-8-19(22-14-16)17-6-9-20-18(13-17)7-10-21(24)23(20)15-25-11-12-26(2,3)4/h6,9,13,16H,5,7-8,10-12,14-15H2,1-4H3/t16-/m0/s1. The highest BCUT2D eigenvalue weighted by Crippen LogP contribution is 2.30. The minimum absolute atomic E-state index is 0.169. The van der Waals surface area contributed by atoms with Crippen molar-refractivity contribution in [1.82, 2.24) is 0 Å². The van der Waals surface area contributed by atoms with Gasteiger partial charge in [0.25, 0.3) is 0 Å². The molecular weight excluding hydrogens is 340 g/mol. The quantitative estimate of drug-likeness (QED) is 0.545. The molecule has 3 rings (SSSR count). The third-order valence-corrected chi connectivity index (χ3v) is 7.00. The molecule has 0 saturated heterocycles. The van der Waals surface area contributed by atoms with Crippen molar-refractivity contribution in [3.05, 3.63) is 29.3 Å². The van der Waals surface area contributed by atoms with Gasteiger partial charge in [0.2, 0.25) is 5.91 Å². The van der Waals surface area contributed by atoms with Crippen LogP contribution in [-0.4, -0.2) is 39.6 Å². The molecule has 4 nitrogen and oxygen atoms in total. The fraction of sp³-hybridized carbons (Fsp3) is 0.619. The summed E-state index contributed by atoms with van der Waals surface area (Å²) in [6.45, 7) is 11.3. The number of aryl methyl sites for hydroxylation is 1. The first-order chi connectivity index (χ1) is 12.3. The van der Waals surface area contributed by atoms with Crippen molar-refractivity contribution in [2.45, 2.75) is 58.3 Å². The van der Waals surface area contributed by atoms with Crippen molar-refractivity contribution in [3.8, 4) is 0 Å². The molecule has 1 aromatic carbocycles. The number of aliphatic imine (C=N–C) groups is 1. The van der Waals surface area contributed by atoms with Gasteiger partial charge in [-0.3, -0.25) is 14.7 Å². The van der Waals surface area contributed by atoms with E-state index in [0.717, 1.165) is 37.7 Å². The number of carbonyl (C=O) groups is 1. The predicted molar refractivity (Wildman–Crippen MR) is 111 cm³/mol. The molecule has 1 aromatic rings. The van der Waals surface area contributed by atoms with E-state index in [4.69, 9.17) is 9.73 Å². The lowest BCUT2D eigenvalue weighted by atomic mass is 9.92. The summed E-state index contributed by atoms with van der Waals surface area (Å²) in [4.78, 5) is 19.0. The van der Waals surface area contributed by atoms with Gasteiger partial charge < -0.3 is 4.74 Å². The van der Waals surface area contributed by atoms with Gasteiger partial charge in [-0.25, -0.2) is 0 Å². The number of hydrogen-bond donors (Lipinski definition) is 0. The normalized spacial score (nSPS) is 20.8. The van der Waals surface area contributed by atoms with E-state index in [1.54, 1.807) is 0 Å². The number of nitrogens with zero attached hydrogens (tertiary/aromatic N) is 2. The largest absolute Gasteiger partial charge is 0.361 e. The third kappa shape index (κ3) is 4.83. The number of anilines is 1. The Labute approximate surface area is 158 Å². The molecule has 0 fully saturated rings. The number of ether oxygens (including phenoxy) is 1. The van der Waals surface area contributed by atoms with Crippen LogP contribution in [0.3, 0.4) is 0 Å². The van der Waals surface area contributed by atoms with Crippen LogP contribution in [0, 0.1) is 5.92 Å². The fourth-order valence-corrected chi connectivity index (χ4v) is 4.23. The molecule has 0 N–H and O–H groups in total. The van der Waals surface area contributed by atoms with Gasteiger partial charge in [0.05, 0.1) is 0 Å². The number of hydrogen-bond acceptors (Lipinski definition) is 3. The van der Waals surface area contributed by atoms with Gasteiger partial charge in [0, 0.05) is 39.0 Å². The second-order valence-corrected chi connectivity index (χ2v) is 14.6. The summed E-state index contributed by atoms with van der Waals surface area (Å²) in [5.74, 6) is 0.861. The Morgan fingerprint density at radius 3 is 2.73 bits per heavy atom. The average molecular weight is 373 g/mol. The van der Waals surface area contributed by atoms with Gasteiger partial charge in [0.1, 0.15) is 6.73 Å². The molecule has 0 unspecified atom stereocenters. The maximum atomic E-state index is 12.4. The van der Waals surface area contributed by atoms with E-state index in [9.17, 15) is 4.79 Å². The Morgan fingerprint density at radius 2 is 2.04 bits per heavy atom. The van der Waals surface area contributed by atoms with E-state index >= 15 is 0 Å². The molecule has 0 aliphatic carbocycles. The maximum Gasteiger partial charge on any atom is 0.229 e.